The molecule has 0 aromatic heterocycles. The first-order valence-electron chi connectivity index (χ1n) is 6.81. The van der Waals surface area contributed by atoms with Crippen molar-refractivity contribution in [1.29, 1.82) is 0 Å². The molecule has 5 nitrogen and oxygen atoms in total. The van der Waals surface area contributed by atoms with Crippen LogP contribution >= 0.6 is 0 Å². The van der Waals surface area contributed by atoms with Gasteiger partial charge >= 0.3 is 0 Å². The summed E-state index contributed by atoms with van der Waals surface area (Å²) in [5.74, 6) is -0.267. The van der Waals surface area contributed by atoms with E-state index in [9.17, 15) is 17.6 Å². The normalized spacial score (nSPS) is 23.1. The van der Waals surface area contributed by atoms with E-state index in [0.717, 1.165) is 24.6 Å². The van der Waals surface area contributed by atoms with Gasteiger partial charge in [0.2, 0.25) is 10.0 Å². The van der Waals surface area contributed by atoms with E-state index >= 15 is 0 Å². The van der Waals surface area contributed by atoms with Gasteiger partial charge in [0.25, 0.3) is 5.91 Å². The summed E-state index contributed by atoms with van der Waals surface area (Å²) in [5, 5.41) is 4.99. The number of amides is 1. The summed E-state index contributed by atoms with van der Waals surface area (Å²) in [4.78, 5) is 13.7. The van der Waals surface area contributed by atoms with Crippen LogP contribution in [0, 0.1) is 17.7 Å². The van der Waals surface area contributed by atoms with Crippen molar-refractivity contribution in [3.05, 3.63) is 29.6 Å². The van der Waals surface area contributed by atoms with E-state index < -0.39 is 15.8 Å². The Morgan fingerprint density at radius 3 is 2.52 bits per heavy atom. The van der Waals surface area contributed by atoms with Crippen LogP contribution in [-0.2, 0) is 10.0 Å². The standard InChI is InChI=1S/C14H19FN2O3S/c1-9-3-4-17(8-10(9)2)14(18)11-5-12(15)7-13(6-11)21(16,19)20/h5-7,9-10H,3-4,8H2,1-2H3,(H2,16,19,20). The zero-order valence-electron chi connectivity index (χ0n) is 12.0. The van der Waals surface area contributed by atoms with Crippen LogP contribution in [0.5, 0.6) is 0 Å². The fourth-order valence-corrected chi connectivity index (χ4v) is 3.05. The predicted molar refractivity (Wildman–Crippen MR) is 76.6 cm³/mol. The maximum atomic E-state index is 13.5. The molecule has 2 unspecified atom stereocenters. The van der Waals surface area contributed by atoms with Gasteiger partial charge in [-0.3, -0.25) is 4.79 Å². The molecule has 21 heavy (non-hydrogen) atoms. The van der Waals surface area contributed by atoms with E-state index in [4.69, 9.17) is 5.14 Å². The van der Waals surface area contributed by atoms with Crippen LogP contribution in [0.4, 0.5) is 4.39 Å². The largest absolute Gasteiger partial charge is 0.338 e. The third-order valence-corrected chi connectivity index (χ3v) is 4.96. The van der Waals surface area contributed by atoms with Crippen molar-refractivity contribution in [3.8, 4) is 0 Å². The summed E-state index contributed by atoms with van der Waals surface area (Å²) in [6.07, 6.45) is 0.879. The van der Waals surface area contributed by atoms with Gasteiger partial charge in [0.1, 0.15) is 5.82 Å². The van der Waals surface area contributed by atoms with Gasteiger partial charge in [0, 0.05) is 18.7 Å². The van der Waals surface area contributed by atoms with Gasteiger partial charge in [-0.1, -0.05) is 13.8 Å². The lowest BCUT2D eigenvalue weighted by molar-refractivity contribution is 0.0626. The van der Waals surface area contributed by atoms with Crippen molar-refractivity contribution < 1.29 is 17.6 Å². The third kappa shape index (κ3) is 3.59. The number of carbonyl (C=O) groups is 1. The van der Waals surface area contributed by atoms with Crippen molar-refractivity contribution in [1.82, 2.24) is 4.90 Å². The first-order chi connectivity index (χ1) is 9.68. The zero-order chi connectivity index (χ0) is 15.8. The SMILES string of the molecule is CC1CCN(C(=O)c2cc(F)cc(S(N)(=O)=O)c2)CC1C. The molecule has 1 aliphatic rings. The van der Waals surface area contributed by atoms with Crippen LogP contribution in [0.15, 0.2) is 23.1 Å². The van der Waals surface area contributed by atoms with Crippen molar-refractivity contribution >= 4 is 15.9 Å². The molecule has 1 fully saturated rings. The fraction of sp³-hybridized carbons (Fsp3) is 0.500. The number of benzene rings is 1. The van der Waals surface area contributed by atoms with Crippen LogP contribution in [0.2, 0.25) is 0 Å². The van der Waals surface area contributed by atoms with Crippen LogP contribution in [0.25, 0.3) is 0 Å². The van der Waals surface area contributed by atoms with Gasteiger partial charge in [-0.2, -0.15) is 0 Å². The number of piperidine rings is 1. The maximum absolute atomic E-state index is 13.5. The smallest absolute Gasteiger partial charge is 0.254 e. The van der Waals surface area contributed by atoms with Crippen molar-refractivity contribution in [2.45, 2.75) is 25.2 Å². The second-order valence-corrected chi connectivity index (χ2v) is 7.28. The van der Waals surface area contributed by atoms with Gasteiger partial charge in [0.15, 0.2) is 0 Å². The number of carbonyl (C=O) groups excluding carboxylic acids is 1. The molecule has 2 atom stereocenters. The van der Waals surface area contributed by atoms with Crippen molar-refractivity contribution in [2.24, 2.45) is 17.0 Å². The summed E-state index contributed by atoms with van der Waals surface area (Å²) in [5.41, 5.74) is 0.0146. The van der Waals surface area contributed by atoms with E-state index in [-0.39, 0.29) is 16.4 Å². The molecule has 0 bridgehead atoms. The average molecular weight is 314 g/mol. The highest BCUT2D eigenvalue weighted by Gasteiger charge is 2.27. The van der Waals surface area contributed by atoms with E-state index in [2.05, 4.69) is 13.8 Å². The lowest BCUT2D eigenvalue weighted by Crippen LogP contribution is -2.42. The Morgan fingerprint density at radius 1 is 1.29 bits per heavy atom. The van der Waals surface area contributed by atoms with Crippen LogP contribution < -0.4 is 5.14 Å². The highest BCUT2D eigenvalue weighted by Crippen LogP contribution is 2.24. The number of nitrogens with two attached hydrogens (primary N) is 1. The highest BCUT2D eigenvalue weighted by atomic mass is 32.2. The summed E-state index contributed by atoms with van der Waals surface area (Å²) in [6.45, 7) is 5.37. The molecule has 116 valence electrons. The van der Waals surface area contributed by atoms with Gasteiger partial charge in [-0.05, 0) is 36.5 Å². The van der Waals surface area contributed by atoms with Crippen LogP contribution in [-0.4, -0.2) is 32.3 Å². The molecule has 0 aliphatic carbocycles. The van der Waals surface area contributed by atoms with Gasteiger partial charge in [-0.25, -0.2) is 17.9 Å². The molecule has 1 aromatic carbocycles. The molecular weight excluding hydrogens is 295 g/mol. The number of likely N-dealkylation sites (tertiary alicyclic amines) is 1. The lowest BCUT2D eigenvalue weighted by Gasteiger charge is -2.35. The molecule has 0 spiro atoms. The molecule has 0 saturated carbocycles. The summed E-state index contributed by atoms with van der Waals surface area (Å²) < 4.78 is 36.2. The Kier molecular flexibility index (Phi) is 4.34. The molecule has 1 amide bonds. The van der Waals surface area contributed by atoms with Crippen molar-refractivity contribution in [2.75, 3.05) is 13.1 Å². The first kappa shape index (κ1) is 15.9. The Bertz CT molecular complexity index is 660. The van der Waals surface area contributed by atoms with E-state index in [1.54, 1.807) is 4.90 Å². The lowest BCUT2D eigenvalue weighted by atomic mass is 9.88. The monoisotopic (exact) mass is 314 g/mol. The van der Waals surface area contributed by atoms with Gasteiger partial charge < -0.3 is 4.90 Å². The molecule has 1 saturated heterocycles. The molecule has 1 aromatic rings. The minimum Gasteiger partial charge on any atom is -0.338 e. The Labute approximate surface area is 124 Å². The molecule has 1 heterocycles. The number of sulfonamides is 1. The highest BCUT2D eigenvalue weighted by molar-refractivity contribution is 7.89. The number of hydrogen-bond donors (Lipinski definition) is 1. The Balaban J connectivity index is 2.30. The molecule has 2 N–H and O–H groups in total. The quantitative estimate of drug-likeness (QED) is 0.900. The second-order valence-electron chi connectivity index (χ2n) is 5.72. The summed E-state index contributed by atoms with van der Waals surface area (Å²) in [7, 11) is -4.04. The molecule has 0 radical (unpaired) electrons. The Hall–Kier alpha value is -1.47. The van der Waals surface area contributed by atoms with Crippen molar-refractivity contribution in [3.63, 3.8) is 0 Å². The minimum absolute atomic E-state index is 0.0146. The van der Waals surface area contributed by atoms with Gasteiger partial charge in [0.05, 0.1) is 4.90 Å². The fourth-order valence-electron chi connectivity index (χ4n) is 2.48. The average Bonchev–Trinajstić information content (AvgIpc) is 2.39. The third-order valence-electron chi connectivity index (χ3n) is 4.07. The predicted octanol–water partition coefficient (Wildman–Crippen LogP) is 1.59. The summed E-state index contributed by atoms with van der Waals surface area (Å²) in [6, 6.07) is 2.98. The zero-order valence-corrected chi connectivity index (χ0v) is 12.9. The number of primary sulfonamides is 1. The topological polar surface area (TPSA) is 80.5 Å². The minimum atomic E-state index is -4.04. The van der Waals surface area contributed by atoms with Crippen LogP contribution in [0.1, 0.15) is 30.6 Å². The molecule has 1 aliphatic heterocycles. The molecule has 2 rings (SSSR count). The maximum Gasteiger partial charge on any atom is 0.254 e. The number of nitrogens with zero attached hydrogens (tertiary/aromatic N) is 1. The number of rotatable bonds is 2. The number of halogens is 1. The molecule has 7 heteroatoms. The summed E-state index contributed by atoms with van der Waals surface area (Å²) >= 11 is 0. The van der Waals surface area contributed by atoms with E-state index in [1.807, 2.05) is 0 Å². The first-order valence-corrected chi connectivity index (χ1v) is 8.36. The second kappa shape index (κ2) is 5.73. The number of hydrogen-bond acceptors (Lipinski definition) is 3. The van der Waals surface area contributed by atoms with E-state index in [1.165, 1.54) is 0 Å². The van der Waals surface area contributed by atoms with Crippen LogP contribution in [0.3, 0.4) is 0 Å². The van der Waals surface area contributed by atoms with Gasteiger partial charge in [-0.15, -0.1) is 0 Å². The Morgan fingerprint density at radius 2 is 1.95 bits per heavy atom. The molecular formula is C14H19FN2O3S. The van der Waals surface area contributed by atoms with E-state index in [0.29, 0.717) is 24.9 Å².